The largest absolute Gasteiger partial charge is 0.364 e. The van der Waals surface area contributed by atoms with E-state index in [4.69, 9.17) is 0 Å². The highest BCUT2D eigenvalue weighted by Crippen LogP contribution is 2.35. The highest BCUT2D eigenvalue weighted by molar-refractivity contribution is 9.10. The number of nitriles is 1. The Kier molecular flexibility index (Phi) is 5.16. The molecule has 1 aromatic carbocycles. The van der Waals surface area contributed by atoms with Crippen LogP contribution < -0.4 is 15.5 Å². The molecule has 124 valence electrons. The third kappa shape index (κ3) is 3.60. The summed E-state index contributed by atoms with van der Waals surface area (Å²) >= 11 is 3.44. The fourth-order valence-corrected chi connectivity index (χ4v) is 2.85. The summed E-state index contributed by atoms with van der Waals surface area (Å²) < 4.78 is 1.05. The predicted octanol–water partition coefficient (Wildman–Crippen LogP) is 3.71. The fraction of sp³-hybridized carbons (Fsp3) is 0.353. The molecule has 0 radical (unpaired) electrons. The van der Waals surface area contributed by atoms with Gasteiger partial charge in [0.2, 0.25) is 5.82 Å². The SMILES string of the molecule is CCCCN1CNc2c(NCc3ccc(Br)cc3)nc(C#N)nc21. The van der Waals surface area contributed by atoms with Crippen LogP contribution in [0, 0.1) is 11.3 Å². The third-order valence-corrected chi connectivity index (χ3v) is 4.42. The molecule has 1 aliphatic rings. The molecular formula is C17H19BrN6. The Balaban J connectivity index is 1.81. The number of rotatable bonds is 6. The van der Waals surface area contributed by atoms with Crippen molar-refractivity contribution < 1.29 is 0 Å². The molecule has 0 spiro atoms. The Hall–Kier alpha value is -2.33. The average molecular weight is 387 g/mol. The van der Waals surface area contributed by atoms with Gasteiger partial charge in [0.15, 0.2) is 11.6 Å². The lowest BCUT2D eigenvalue weighted by Gasteiger charge is -2.16. The summed E-state index contributed by atoms with van der Waals surface area (Å²) in [5.74, 6) is 1.68. The van der Waals surface area contributed by atoms with Gasteiger partial charge in [-0.2, -0.15) is 15.2 Å². The van der Waals surface area contributed by atoms with Gasteiger partial charge in [0.1, 0.15) is 11.8 Å². The zero-order valence-corrected chi connectivity index (χ0v) is 15.1. The van der Waals surface area contributed by atoms with E-state index in [0.717, 1.165) is 40.9 Å². The molecule has 1 aliphatic heterocycles. The first-order valence-corrected chi connectivity index (χ1v) is 8.80. The highest BCUT2D eigenvalue weighted by atomic mass is 79.9. The maximum atomic E-state index is 9.22. The van der Waals surface area contributed by atoms with Crippen molar-refractivity contribution in [3.05, 3.63) is 40.1 Å². The van der Waals surface area contributed by atoms with Gasteiger partial charge in [0.05, 0.1) is 6.67 Å². The number of hydrogen-bond donors (Lipinski definition) is 2. The fourth-order valence-electron chi connectivity index (χ4n) is 2.59. The molecule has 0 saturated heterocycles. The maximum absolute atomic E-state index is 9.22. The molecule has 0 unspecified atom stereocenters. The van der Waals surface area contributed by atoms with Crippen molar-refractivity contribution in [3.8, 4) is 6.07 Å². The van der Waals surface area contributed by atoms with Gasteiger partial charge in [-0.25, -0.2) is 0 Å². The second-order valence-electron chi connectivity index (χ2n) is 5.64. The molecular weight excluding hydrogens is 368 g/mol. The van der Waals surface area contributed by atoms with E-state index in [1.807, 2.05) is 24.3 Å². The first kappa shape index (κ1) is 16.5. The van der Waals surface area contributed by atoms with Gasteiger partial charge in [0.25, 0.3) is 0 Å². The Labute approximate surface area is 150 Å². The summed E-state index contributed by atoms with van der Waals surface area (Å²) in [5.41, 5.74) is 2.02. The quantitative estimate of drug-likeness (QED) is 0.787. The van der Waals surface area contributed by atoms with Gasteiger partial charge in [-0.3, -0.25) is 0 Å². The second kappa shape index (κ2) is 7.49. The van der Waals surface area contributed by atoms with Crippen LogP contribution in [0.1, 0.15) is 31.2 Å². The summed E-state index contributed by atoms with van der Waals surface area (Å²) in [4.78, 5) is 10.9. The number of unbranched alkanes of at least 4 members (excludes halogenated alkanes) is 1. The molecule has 1 aromatic heterocycles. The van der Waals surface area contributed by atoms with E-state index in [9.17, 15) is 5.26 Å². The minimum absolute atomic E-state index is 0.192. The predicted molar refractivity (Wildman–Crippen MR) is 99.0 cm³/mol. The molecule has 3 rings (SSSR count). The van der Waals surface area contributed by atoms with E-state index in [-0.39, 0.29) is 5.82 Å². The van der Waals surface area contributed by atoms with E-state index in [2.05, 4.69) is 54.4 Å². The zero-order valence-electron chi connectivity index (χ0n) is 13.5. The van der Waals surface area contributed by atoms with Crippen molar-refractivity contribution in [3.63, 3.8) is 0 Å². The van der Waals surface area contributed by atoms with Gasteiger partial charge in [-0.15, -0.1) is 0 Å². The van der Waals surface area contributed by atoms with Crippen molar-refractivity contribution in [2.75, 3.05) is 28.7 Å². The van der Waals surface area contributed by atoms with Gasteiger partial charge < -0.3 is 15.5 Å². The minimum atomic E-state index is 0.192. The summed E-state index contributed by atoms with van der Waals surface area (Å²) in [5, 5.41) is 15.9. The summed E-state index contributed by atoms with van der Waals surface area (Å²) in [7, 11) is 0. The Morgan fingerprint density at radius 1 is 1.33 bits per heavy atom. The topological polar surface area (TPSA) is 76.9 Å². The molecule has 0 saturated carbocycles. The molecule has 0 amide bonds. The third-order valence-electron chi connectivity index (χ3n) is 3.89. The zero-order chi connectivity index (χ0) is 16.9. The van der Waals surface area contributed by atoms with Crippen molar-refractivity contribution in [2.24, 2.45) is 0 Å². The Bertz CT molecular complexity index is 753. The number of hydrogen-bond acceptors (Lipinski definition) is 6. The normalized spacial score (nSPS) is 12.5. The average Bonchev–Trinajstić information content (AvgIpc) is 3.02. The van der Waals surface area contributed by atoms with E-state index >= 15 is 0 Å². The van der Waals surface area contributed by atoms with E-state index in [0.29, 0.717) is 19.0 Å². The molecule has 2 N–H and O–H groups in total. The standard InChI is InChI=1S/C17H19BrN6/c1-2-3-8-24-11-21-15-16(22-14(9-19)23-17(15)24)20-10-12-4-6-13(18)7-5-12/h4-7,21H,2-3,8,10-11H2,1H3,(H,20,22,23). The summed E-state index contributed by atoms with van der Waals surface area (Å²) in [6.07, 6.45) is 2.21. The monoisotopic (exact) mass is 386 g/mol. The van der Waals surface area contributed by atoms with Gasteiger partial charge in [0, 0.05) is 17.6 Å². The van der Waals surface area contributed by atoms with Crippen LogP contribution in [-0.2, 0) is 6.54 Å². The lowest BCUT2D eigenvalue weighted by Crippen LogP contribution is -2.24. The molecule has 0 aliphatic carbocycles. The first-order valence-electron chi connectivity index (χ1n) is 8.00. The molecule has 2 heterocycles. The van der Waals surface area contributed by atoms with Crippen molar-refractivity contribution in [1.82, 2.24) is 9.97 Å². The molecule has 0 fully saturated rings. The number of fused-ring (bicyclic) bond motifs is 1. The van der Waals surface area contributed by atoms with Crippen LogP contribution in [0.4, 0.5) is 17.3 Å². The number of nitrogens with zero attached hydrogens (tertiary/aromatic N) is 4. The van der Waals surface area contributed by atoms with Gasteiger partial charge >= 0.3 is 0 Å². The van der Waals surface area contributed by atoms with Crippen molar-refractivity contribution in [2.45, 2.75) is 26.3 Å². The van der Waals surface area contributed by atoms with E-state index < -0.39 is 0 Å². The summed E-state index contributed by atoms with van der Waals surface area (Å²) in [6.45, 7) is 4.42. The van der Waals surface area contributed by atoms with Crippen molar-refractivity contribution in [1.29, 1.82) is 5.26 Å². The highest BCUT2D eigenvalue weighted by Gasteiger charge is 2.25. The Morgan fingerprint density at radius 2 is 2.12 bits per heavy atom. The van der Waals surface area contributed by atoms with Crippen LogP contribution in [-0.4, -0.2) is 23.2 Å². The van der Waals surface area contributed by atoms with Crippen LogP contribution in [0.2, 0.25) is 0 Å². The lowest BCUT2D eigenvalue weighted by molar-refractivity contribution is 0.742. The molecule has 0 atom stereocenters. The molecule has 24 heavy (non-hydrogen) atoms. The molecule has 7 heteroatoms. The molecule has 6 nitrogen and oxygen atoms in total. The van der Waals surface area contributed by atoms with E-state index in [1.165, 1.54) is 0 Å². The van der Waals surface area contributed by atoms with E-state index in [1.54, 1.807) is 0 Å². The molecule has 0 bridgehead atoms. The van der Waals surface area contributed by atoms with Crippen LogP contribution in [0.3, 0.4) is 0 Å². The van der Waals surface area contributed by atoms with Gasteiger partial charge in [-0.05, 0) is 24.1 Å². The number of halogens is 1. The lowest BCUT2D eigenvalue weighted by atomic mass is 10.2. The number of anilines is 3. The second-order valence-corrected chi connectivity index (χ2v) is 6.55. The summed E-state index contributed by atoms with van der Waals surface area (Å²) in [6, 6.07) is 10.2. The van der Waals surface area contributed by atoms with Crippen LogP contribution in [0.25, 0.3) is 0 Å². The maximum Gasteiger partial charge on any atom is 0.236 e. The van der Waals surface area contributed by atoms with Crippen LogP contribution in [0.5, 0.6) is 0 Å². The van der Waals surface area contributed by atoms with Crippen molar-refractivity contribution >= 4 is 33.3 Å². The van der Waals surface area contributed by atoms with Crippen LogP contribution in [0.15, 0.2) is 28.7 Å². The number of benzene rings is 1. The Morgan fingerprint density at radius 3 is 2.83 bits per heavy atom. The van der Waals surface area contributed by atoms with Gasteiger partial charge in [-0.1, -0.05) is 41.4 Å². The number of aromatic nitrogens is 2. The smallest absolute Gasteiger partial charge is 0.236 e. The number of nitrogens with one attached hydrogen (secondary N) is 2. The minimum Gasteiger partial charge on any atom is -0.364 e. The first-order chi connectivity index (χ1) is 11.7. The molecule has 2 aromatic rings. The van der Waals surface area contributed by atoms with Crippen LogP contribution >= 0.6 is 15.9 Å².